The van der Waals surface area contributed by atoms with Crippen molar-refractivity contribution in [3.8, 4) is 0 Å². The summed E-state index contributed by atoms with van der Waals surface area (Å²) in [6, 6.07) is 0.742. The molecule has 0 aromatic rings. The van der Waals surface area contributed by atoms with E-state index in [9.17, 15) is 0 Å². The molecule has 14 heavy (non-hydrogen) atoms. The largest absolute Gasteiger partial charge is 0.330 e. The molecule has 2 atom stereocenters. The van der Waals surface area contributed by atoms with Crippen LogP contribution in [-0.4, -0.2) is 30.6 Å². The fourth-order valence-electron chi connectivity index (χ4n) is 2.18. The number of hydrogen-bond acceptors (Lipinski definition) is 2. The number of likely N-dealkylation sites (tertiary alicyclic amines) is 1. The summed E-state index contributed by atoms with van der Waals surface area (Å²) in [5.74, 6) is 0.741. The maximum atomic E-state index is 5.71. The molecule has 2 heteroatoms. The molecule has 0 aromatic heterocycles. The van der Waals surface area contributed by atoms with Gasteiger partial charge >= 0.3 is 0 Å². The average Bonchev–Trinajstić information content (AvgIpc) is 2.42. The highest BCUT2D eigenvalue weighted by atomic mass is 15.2. The van der Waals surface area contributed by atoms with Gasteiger partial charge in [-0.15, -0.1) is 0 Å². The van der Waals surface area contributed by atoms with E-state index in [1.54, 1.807) is 0 Å². The Kier molecular flexibility index (Phi) is 3.96. The monoisotopic (exact) mass is 198 g/mol. The maximum Gasteiger partial charge on any atom is 0.00706 e. The van der Waals surface area contributed by atoms with E-state index >= 15 is 0 Å². The minimum atomic E-state index is 0.459. The fourth-order valence-corrected chi connectivity index (χ4v) is 2.18. The molecule has 1 saturated heterocycles. The number of nitrogens with two attached hydrogens (primary N) is 1. The van der Waals surface area contributed by atoms with Gasteiger partial charge in [-0.1, -0.05) is 20.8 Å². The Morgan fingerprint density at radius 2 is 2.00 bits per heavy atom. The molecule has 1 rings (SSSR count). The van der Waals surface area contributed by atoms with E-state index in [2.05, 4.69) is 32.6 Å². The number of rotatable bonds is 3. The molecule has 1 fully saturated rings. The molecule has 0 bridgehead atoms. The fraction of sp³-hybridized carbons (Fsp3) is 1.00. The van der Waals surface area contributed by atoms with Gasteiger partial charge in [0, 0.05) is 12.6 Å². The SMILES string of the molecule is CC1CC(CN)CN1CCC(C)(C)C. The molecular formula is C12H26N2. The third-order valence-electron chi connectivity index (χ3n) is 3.27. The Hall–Kier alpha value is -0.0800. The molecule has 0 spiro atoms. The zero-order valence-corrected chi connectivity index (χ0v) is 10.2. The van der Waals surface area contributed by atoms with E-state index in [1.165, 1.54) is 25.9 Å². The third-order valence-corrected chi connectivity index (χ3v) is 3.27. The van der Waals surface area contributed by atoms with Gasteiger partial charge in [-0.25, -0.2) is 0 Å². The van der Waals surface area contributed by atoms with Crippen molar-refractivity contribution in [1.82, 2.24) is 4.90 Å². The van der Waals surface area contributed by atoms with Crippen LogP contribution in [0.25, 0.3) is 0 Å². The van der Waals surface area contributed by atoms with E-state index in [-0.39, 0.29) is 0 Å². The van der Waals surface area contributed by atoms with Crippen molar-refractivity contribution < 1.29 is 0 Å². The lowest BCUT2D eigenvalue weighted by Crippen LogP contribution is -2.31. The second-order valence-electron chi connectivity index (χ2n) is 5.99. The van der Waals surface area contributed by atoms with Crippen molar-refractivity contribution in [1.29, 1.82) is 0 Å². The van der Waals surface area contributed by atoms with E-state index in [4.69, 9.17) is 5.73 Å². The zero-order chi connectivity index (χ0) is 10.8. The Balaban J connectivity index is 2.32. The van der Waals surface area contributed by atoms with Crippen molar-refractivity contribution in [3.05, 3.63) is 0 Å². The summed E-state index contributed by atoms with van der Waals surface area (Å²) in [5.41, 5.74) is 6.17. The third kappa shape index (κ3) is 3.58. The summed E-state index contributed by atoms with van der Waals surface area (Å²) >= 11 is 0. The van der Waals surface area contributed by atoms with E-state index in [0.29, 0.717) is 5.41 Å². The van der Waals surface area contributed by atoms with E-state index < -0.39 is 0 Å². The minimum absolute atomic E-state index is 0.459. The maximum absolute atomic E-state index is 5.71. The number of hydrogen-bond donors (Lipinski definition) is 1. The first-order chi connectivity index (χ1) is 6.42. The quantitative estimate of drug-likeness (QED) is 0.752. The molecule has 1 heterocycles. The smallest absolute Gasteiger partial charge is 0.00706 e. The molecule has 0 amide bonds. The molecule has 0 radical (unpaired) electrons. The Bertz CT molecular complexity index is 172. The lowest BCUT2D eigenvalue weighted by molar-refractivity contribution is 0.220. The highest BCUT2D eigenvalue weighted by Crippen LogP contribution is 2.25. The van der Waals surface area contributed by atoms with Crippen LogP contribution in [0.3, 0.4) is 0 Å². The standard InChI is InChI=1S/C12H26N2/c1-10-7-11(8-13)9-14(10)6-5-12(2,3)4/h10-11H,5-9,13H2,1-4H3. The molecule has 84 valence electrons. The molecule has 0 aromatic carbocycles. The molecule has 2 nitrogen and oxygen atoms in total. The second-order valence-corrected chi connectivity index (χ2v) is 5.99. The second kappa shape index (κ2) is 4.63. The average molecular weight is 198 g/mol. The van der Waals surface area contributed by atoms with Crippen LogP contribution in [0.2, 0.25) is 0 Å². The van der Waals surface area contributed by atoms with Gasteiger partial charge in [0.15, 0.2) is 0 Å². The van der Waals surface area contributed by atoms with Gasteiger partial charge in [0.2, 0.25) is 0 Å². The summed E-state index contributed by atoms with van der Waals surface area (Å²) in [5, 5.41) is 0. The van der Waals surface area contributed by atoms with Gasteiger partial charge in [0.05, 0.1) is 0 Å². The van der Waals surface area contributed by atoms with Gasteiger partial charge < -0.3 is 10.6 Å². The molecular weight excluding hydrogens is 172 g/mol. The first-order valence-corrected chi connectivity index (χ1v) is 5.86. The zero-order valence-electron chi connectivity index (χ0n) is 10.2. The van der Waals surface area contributed by atoms with Gasteiger partial charge in [-0.2, -0.15) is 0 Å². The van der Waals surface area contributed by atoms with Gasteiger partial charge in [0.1, 0.15) is 0 Å². The van der Waals surface area contributed by atoms with Gasteiger partial charge in [0.25, 0.3) is 0 Å². The van der Waals surface area contributed by atoms with Gasteiger partial charge in [-0.05, 0) is 44.2 Å². The van der Waals surface area contributed by atoms with Crippen LogP contribution < -0.4 is 5.73 Å². The first-order valence-electron chi connectivity index (χ1n) is 5.86. The van der Waals surface area contributed by atoms with Crippen molar-refractivity contribution in [2.75, 3.05) is 19.6 Å². The predicted octanol–water partition coefficient (Wildman–Crippen LogP) is 2.09. The molecule has 0 aliphatic carbocycles. The highest BCUT2D eigenvalue weighted by molar-refractivity contribution is 4.83. The number of nitrogens with zero attached hydrogens (tertiary/aromatic N) is 1. The van der Waals surface area contributed by atoms with Crippen molar-refractivity contribution in [2.45, 2.75) is 46.6 Å². The molecule has 2 unspecified atom stereocenters. The van der Waals surface area contributed by atoms with Crippen LogP contribution in [-0.2, 0) is 0 Å². The summed E-state index contributed by atoms with van der Waals surface area (Å²) in [7, 11) is 0. The molecule has 2 N–H and O–H groups in total. The highest BCUT2D eigenvalue weighted by Gasteiger charge is 2.28. The summed E-state index contributed by atoms with van der Waals surface area (Å²) in [6.45, 7) is 12.6. The van der Waals surface area contributed by atoms with Crippen LogP contribution in [0.4, 0.5) is 0 Å². The Labute approximate surface area is 88.8 Å². The Morgan fingerprint density at radius 3 is 2.43 bits per heavy atom. The topological polar surface area (TPSA) is 29.3 Å². The van der Waals surface area contributed by atoms with Crippen LogP contribution in [0.1, 0.15) is 40.5 Å². The minimum Gasteiger partial charge on any atom is -0.330 e. The van der Waals surface area contributed by atoms with Crippen molar-refractivity contribution in [3.63, 3.8) is 0 Å². The lowest BCUT2D eigenvalue weighted by Gasteiger charge is -2.26. The summed E-state index contributed by atoms with van der Waals surface area (Å²) in [6.07, 6.45) is 2.58. The molecule has 1 aliphatic heterocycles. The van der Waals surface area contributed by atoms with Crippen LogP contribution in [0, 0.1) is 11.3 Å². The van der Waals surface area contributed by atoms with E-state index in [1.807, 2.05) is 0 Å². The van der Waals surface area contributed by atoms with Crippen molar-refractivity contribution >= 4 is 0 Å². The lowest BCUT2D eigenvalue weighted by atomic mass is 9.92. The van der Waals surface area contributed by atoms with Gasteiger partial charge in [-0.3, -0.25) is 0 Å². The van der Waals surface area contributed by atoms with E-state index in [0.717, 1.165) is 18.5 Å². The van der Waals surface area contributed by atoms with Crippen LogP contribution in [0.15, 0.2) is 0 Å². The molecule has 1 aliphatic rings. The first kappa shape index (κ1) is 12.0. The summed E-state index contributed by atoms with van der Waals surface area (Å²) in [4.78, 5) is 2.60. The normalized spacial score (nSPS) is 29.8. The Morgan fingerprint density at radius 1 is 1.36 bits per heavy atom. The molecule has 0 saturated carbocycles. The van der Waals surface area contributed by atoms with Crippen molar-refractivity contribution in [2.24, 2.45) is 17.1 Å². The summed E-state index contributed by atoms with van der Waals surface area (Å²) < 4.78 is 0. The van der Waals surface area contributed by atoms with Crippen LogP contribution in [0.5, 0.6) is 0 Å². The predicted molar refractivity (Wildman–Crippen MR) is 62.3 cm³/mol. The van der Waals surface area contributed by atoms with Crippen LogP contribution >= 0.6 is 0 Å².